The van der Waals surface area contributed by atoms with Gasteiger partial charge in [-0.2, -0.15) is 5.10 Å². The van der Waals surface area contributed by atoms with Crippen LogP contribution in [0.1, 0.15) is 9.67 Å². The molecule has 2 aromatic heterocycles. The fourth-order valence-electron chi connectivity index (χ4n) is 0.926. The molecular formula is C8H4Br2N4OS. The molecule has 82 valence electrons. The quantitative estimate of drug-likeness (QED) is 0.890. The van der Waals surface area contributed by atoms with E-state index in [-0.39, 0.29) is 11.9 Å². The lowest BCUT2D eigenvalue weighted by Gasteiger charge is -1.98. The number of anilines is 1. The van der Waals surface area contributed by atoms with Gasteiger partial charge in [0, 0.05) is 4.47 Å². The Balaban J connectivity index is 2.15. The molecule has 0 spiro atoms. The van der Waals surface area contributed by atoms with Gasteiger partial charge in [-0.25, -0.2) is 4.98 Å². The van der Waals surface area contributed by atoms with Gasteiger partial charge in [0.1, 0.15) is 0 Å². The Morgan fingerprint density at radius 1 is 1.38 bits per heavy atom. The molecule has 2 rings (SSSR count). The predicted octanol–water partition coefficient (Wildman–Crippen LogP) is 2.71. The number of aromatic nitrogens is 3. The molecule has 8 heteroatoms. The number of carbonyl (C=O) groups excluding carboxylic acids is 1. The van der Waals surface area contributed by atoms with E-state index in [4.69, 9.17) is 0 Å². The highest BCUT2D eigenvalue weighted by atomic mass is 79.9. The number of nitrogens with zero attached hydrogens (tertiary/aromatic N) is 3. The third-order valence-corrected chi connectivity index (χ3v) is 4.83. The molecule has 2 aromatic rings. The van der Waals surface area contributed by atoms with Crippen molar-refractivity contribution < 1.29 is 4.79 Å². The zero-order valence-electron chi connectivity index (χ0n) is 7.65. The first-order valence-electron chi connectivity index (χ1n) is 4.06. The first-order chi connectivity index (χ1) is 7.66. The fraction of sp³-hybridized carbons (Fsp3) is 0. The fourth-order valence-corrected chi connectivity index (χ4v) is 2.86. The minimum atomic E-state index is -0.260. The van der Waals surface area contributed by atoms with Gasteiger partial charge in [0.05, 0.1) is 21.1 Å². The summed E-state index contributed by atoms with van der Waals surface area (Å²) in [6, 6.07) is 1.72. The Bertz CT molecular complexity index is 497. The summed E-state index contributed by atoms with van der Waals surface area (Å²) < 4.78 is 1.71. The van der Waals surface area contributed by atoms with Crippen molar-refractivity contribution in [1.82, 2.24) is 15.2 Å². The second-order valence-electron chi connectivity index (χ2n) is 2.65. The van der Waals surface area contributed by atoms with E-state index in [1.807, 2.05) is 0 Å². The summed E-state index contributed by atoms with van der Waals surface area (Å²) in [5, 5.41) is 9.82. The van der Waals surface area contributed by atoms with E-state index in [2.05, 4.69) is 52.4 Å². The van der Waals surface area contributed by atoms with Crippen LogP contribution in [0.4, 0.5) is 5.95 Å². The number of rotatable bonds is 2. The highest BCUT2D eigenvalue weighted by Crippen LogP contribution is 2.32. The Labute approximate surface area is 112 Å². The molecule has 0 aliphatic carbocycles. The summed E-state index contributed by atoms with van der Waals surface area (Å²) in [6.45, 7) is 0. The third kappa shape index (κ3) is 2.63. The highest BCUT2D eigenvalue weighted by Gasteiger charge is 2.12. The van der Waals surface area contributed by atoms with Crippen LogP contribution in [-0.2, 0) is 0 Å². The molecule has 0 saturated carbocycles. The monoisotopic (exact) mass is 362 g/mol. The number of thiophene rings is 1. The van der Waals surface area contributed by atoms with Gasteiger partial charge in [0.2, 0.25) is 5.95 Å². The van der Waals surface area contributed by atoms with Crippen molar-refractivity contribution in [3.8, 4) is 0 Å². The smallest absolute Gasteiger partial charge is 0.268 e. The van der Waals surface area contributed by atoms with Gasteiger partial charge in [0.25, 0.3) is 5.91 Å². The number of hydrogen-bond acceptors (Lipinski definition) is 5. The highest BCUT2D eigenvalue weighted by molar-refractivity contribution is 9.13. The minimum Gasteiger partial charge on any atom is -0.288 e. The van der Waals surface area contributed by atoms with Crippen LogP contribution in [0, 0.1) is 0 Å². The Kier molecular flexibility index (Phi) is 3.62. The van der Waals surface area contributed by atoms with Crippen molar-refractivity contribution in [2.24, 2.45) is 0 Å². The van der Waals surface area contributed by atoms with Crippen LogP contribution in [0.5, 0.6) is 0 Å². The van der Waals surface area contributed by atoms with Crippen molar-refractivity contribution in [2.75, 3.05) is 5.32 Å². The number of hydrogen-bond donors (Lipinski definition) is 1. The maximum Gasteiger partial charge on any atom is 0.268 e. The van der Waals surface area contributed by atoms with E-state index in [0.29, 0.717) is 4.88 Å². The van der Waals surface area contributed by atoms with E-state index in [1.54, 1.807) is 6.07 Å². The summed E-state index contributed by atoms with van der Waals surface area (Å²) in [7, 11) is 0. The lowest BCUT2D eigenvalue weighted by molar-refractivity contribution is 0.102. The van der Waals surface area contributed by atoms with E-state index in [0.717, 1.165) is 8.26 Å². The second-order valence-corrected chi connectivity index (χ2v) is 5.88. The van der Waals surface area contributed by atoms with Gasteiger partial charge in [-0.15, -0.1) is 16.4 Å². The molecule has 0 unspecified atom stereocenters. The average molecular weight is 364 g/mol. The Hall–Kier alpha value is -0.860. The topological polar surface area (TPSA) is 67.8 Å². The van der Waals surface area contributed by atoms with Crippen molar-refractivity contribution >= 4 is 55.1 Å². The maximum atomic E-state index is 11.7. The molecule has 1 N–H and O–H groups in total. The molecule has 0 aliphatic rings. The van der Waals surface area contributed by atoms with Gasteiger partial charge in [-0.3, -0.25) is 10.1 Å². The second kappa shape index (κ2) is 4.98. The van der Waals surface area contributed by atoms with Crippen LogP contribution in [-0.4, -0.2) is 21.1 Å². The number of halogens is 2. The average Bonchev–Trinajstić information content (AvgIpc) is 2.61. The van der Waals surface area contributed by atoms with Crippen LogP contribution in [0.2, 0.25) is 0 Å². The normalized spacial score (nSPS) is 10.1. The van der Waals surface area contributed by atoms with Gasteiger partial charge in [0.15, 0.2) is 0 Å². The number of carbonyl (C=O) groups is 1. The Morgan fingerprint density at radius 3 is 2.75 bits per heavy atom. The van der Waals surface area contributed by atoms with Gasteiger partial charge in [-0.1, -0.05) is 0 Å². The molecule has 0 radical (unpaired) electrons. The largest absolute Gasteiger partial charge is 0.288 e. The molecule has 0 saturated heterocycles. The summed E-state index contributed by atoms with van der Waals surface area (Å²) in [5.41, 5.74) is 0. The van der Waals surface area contributed by atoms with Gasteiger partial charge < -0.3 is 0 Å². The lowest BCUT2D eigenvalue weighted by Crippen LogP contribution is -2.12. The van der Waals surface area contributed by atoms with E-state index >= 15 is 0 Å². The van der Waals surface area contributed by atoms with Crippen molar-refractivity contribution in [3.63, 3.8) is 0 Å². The standard InChI is InChI=1S/C8H4Br2N4OS/c9-4-3-5(16-6(4)10)7(15)13-8-11-1-2-12-14-8/h1-3H,(H,11,13,14,15). The zero-order chi connectivity index (χ0) is 11.5. The molecule has 1 amide bonds. The van der Waals surface area contributed by atoms with Crippen LogP contribution in [0.25, 0.3) is 0 Å². The molecule has 16 heavy (non-hydrogen) atoms. The number of amides is 1. The van der Waals surface area contributed by atoms with Crippen LogP contribution in [0.15, 0.2) is 26.7 Å². The van der Waals surface area contributed by atoms with E-state index in [1.165, 1.54) is 23.7 Å². The first kappa shape index (κ1) is 11.6. The SMILES string of the molecule is O=C(Nc1nccnn1)c1cc(Br)c(Br)s1. The summed E-state index contributed by atoms with van der Waals surface area (Å²) in [4.78, 5) is 16.1. The zero-order valence-corrected chi connectivity index (χ0v) is 11.6. The predicted molar refractivity (Wildman–Crippen MR) is 67.5 cm³/mol. The summed E-state index contributed by atoms with van der Waals surface area (Å²) in [6.07, 6.45) is 2.90. The Morgan fingerprint density at radius 2 is 2.19 bits per heavy atom. The first-order valence-corrected chi connectivity index (χ1v) is 6.47. The van der Waals surface area contributed by atoms with E-state index in [9.17, 15) is 4.79 Å². The molecule has 0 atom stereocenters. The molecule has 0 bridgehead atoms. The van der Waals surface area contributed by atoms with Crippen molar-refractivity contribution in [2.45, 2.75) is 0 Å². The van der Waals surface area contributed by atoms with Gasteiger partial charge in [-0.05, 0) is 37.9 Å². The molecule has 2 heterocycles. The molecule has 5 nitrogen and oxygen atoms in total. The minimum absolute atomic E-state index is 0.188. The lowest BCUT2D eigenvalue weighted by atomic mass is 10.4. The van der Waals surface area contributed by atoms with Gasteiger partial charge >= 0.3 is 0 Å². The van der Waals surface area contributed by atoms with Crippen molar-refractivity contribution in [3.05, 3.63) is 31.6 Å². The van der Waals surface area contributed by atoms with Crippen LogP contribution >= 0.6 is 43.2 Å². The van der Waals surface area contributed by atoms with Crippen LogP contribution < -0.4 is 5.32 Å². The van der Waals surface area contributed by atoms with E-state index < -0.39 is 0 Å². The van der Waals surface area contributed by atoms with Crippen molar-refractivity contribution in [1.29, 1.82) is 0 Å². The maximum absolute atomic E-state index is 11.7. The number of nitrogens with one attached hydrogen (secondary N) is 1. The molecular weight excluding hydrogens is 360 g/mol. The summed E-state index contributed by atoms with van der Waals surface area (Å²) >= 11 is 7.95. The molecule has 0 aliphatic heterocycles. The molecule has 0 aromatic carbocycles. The molecule has 0 fully saturated rings. The summed E-state index contributed by atoms with van der Waals surface area (Å²) in [5.74, 6) is -0.0717. The third-order valence-electron chi connectivity index (χ3n) is 1.58. The van der Waals surface area contributed by atoms with Crippen LogP contribution in [0.3, 0.4) is 0 Å².